The number of carbonyl (C=O) groups is 1. The molecule has 1 aromatic carbocycles. The number of nitrogens with one attached hydrogen (secondary N) is 1. The molecule has 1 aliphatic carbocycles. The van der Waals surface area contributed by atoms with Crippen molar-refractivity contribution < 1.29 is 14.1 Å². The number of nitrogens with zero attached hydrogens (tertiary/aromatic N) is 2. The molecule has 1 aliphatic heterocycles. The number of carbonyl (C=O) groups excluding carboxylic acids is 1. The average molecular weight is 293 g/mol. The lowest BCUT2D eigenvalue weighted by Gasteiger charge is -2.32. The Morgan fingerprint density at radius 1 is 1.33 bits per heavy atom. The van der Waals surface area contributed by atoms with Crippen LogP contribution in [0.4, 0.5) is 15.8 Å². The van der Waals surface area contributed by atoms with Crippen molar-refractivity contribution in [3.05, 3.63) is 34.1 Å². The number of rotatable bonds is 4. The van der Waals surface area contributed by atoms with Crippen LogP contribution in [0.5, 0.6) is 0 Å². The highest BCUT2D eigenvalue weighted by Gasteiger charge is 2.34. The fraction of sp³-hybridized carbons (Fsp3) is 0.500. The molecule has 6 nitrogen and oxygen atoms in total. The quantitative estimate of drug-likeness (QED) is 0.680. The molecule has 1 atom stereocenters. The molecule has 0 spiro atoms. The predicted octanol–water partition coefficient (Wildman–Crippen LogP) is 1.98. The zero-order valence-corrected chi connectivity index (χ0v) is 11.4. The fourth-order valence-electron chi connectivity index (χ4n) is 2.63. The van der Waals surface area contributed by atoms with Gasteiger partial charge in [-0.1, -0.05) is 0 Å². The molecule has 0 bridgehead atoms. The van der Waals surface area contributed by atoms with Crippen LogP contribution in [-0.4, -0.2) is 29.5 Å². The molecule has 1 saturated carbocycles. The van der Waals surface area contributed by atoms with Gasteiger partial charge in [0.1, 0.15) is 0 Å². The molecule has 2 fully saturated rings. The van der Waals surface area contributed by atoms with Crippen LogP contribution in [0.1, 0.15) is 25.7 Å². The molecule has 3 rings (SSSR count). The Kier molecular flexibility index (Phi) is 3.59. The summed E-state index contributed by atoms with van der Waals surface area (Å²) in [5.74, 6) is -0.977. The van der Waals surface area contributed by atoms with Crippen LogP contribution in [0.15, 0.2) is 18.2 Å². The topological polar surface area (TPSA) is 75.5 Å². The molecule has 1 heterocycles. The van der Waals surface area contributed by atoms with E-state index in [0.717, 1.165) is 37.8 Å². The lowest BCUT2D eigenvalue weighted by Crippen LogP contribution is -2.51. The summed E-state index contributed by atoms with van der Waals surface area (Å²) < 4.78 is 13.4. The van der Waals surface area contributed by atoms with Crippen LogP contribution < -0.4 is 10.2 Å². The molecule has 1 amide bonds. The van der Waals surface area contributed by atoms with Gasteiger partial charge in [0.05, 0.1) is 16.7 Å². The Hall–Kier alpha value is -2.02. The molecule has 21 heavy (non-hydrogen) atoms. The molecule has 1 aromatic rings. The van der Waals surface area contributed by atoms with Crippen molar-refractivity contribution in [1.82, 2.24) is 5.32 Å². The molecule has 0 radical (unpaired) electrons. The maximum Gasteiger partial charge on any atom is 0.306 e. The van der Waals surface area contributed by atoms with E-state index in [4.69, 9.17) is 0 Å². The Morgan fingerprint density at radius 2 is 2.10 bits per heavy atom. The number of hydrogen-bond acceptors (Lipinski definition) is 4. The van der Waals surface area contributed by atoms with E-state index in [1.807, 2.05) is 0 Å². The van der Waals surface area contributed by atoms with E-state index in [1.165, 1.54) is 11.0 Å². The van der Waals surface area contributed by atoms with Gasteiger partial charge in [0.2, 0.25) is 11.7 Å². The van der Waals surface area contributed by atoms with Gasteiger partial charge < -0.3 is 10.2 Å². The zero-order chi connectivity index (χ0) is 15.0. The zero-order valence-electron chi connectivity index (χ0n) is 11.4. The van der Waals surface area contributed by atoms with Gasteiger partial charge in [-0.05, 0) is 37.8 Å². The number of halogens is 1. The largest absolute Gasteiger partial charge is 0.311 e. The van der Waals surface area contributed by atoms with Crippen LogP contribution >= 0.6 is 0 Å². The Bertz CT molecular complexity index is 589. The Labute approximate surface area is 121 Å². The predicted molar refractivity (Wildman–Crippen MR) is 74.6 cm³/mol. The number of anilines is 1. The lowest BCUT2D eigenvalue weighted by molar-refractivity contribution is -0.387. The van der Waals surface area contributed by atoms with E-state index < -0.39 is 16.4 Å². The van der Waals surface area contributed by atoms with Crippen molar-refractivity contribution in [3.8, 4) is 0 Å². The van der Waals surface area contributed by atoms with Gasteiger partial charge in [0, 0.05) is 18.7 Å². The first kappa shape index (κ1) is 13.9. The van der Waals surface area contributed by atoms with Crippen molar-refractivity contribution in [1.29, 1.82) is 0 Å². The van der Waals surface area contributed by atoms with Gasteiger partial charge in [-0.25, -0.2) is 0 Å². The average Bonchev–Trinajstić information content (AvgIpc) is 3.26. The minimum Gasteiger partial charge on any atom is -0.311 e. The number of piperidine rings is 1. The van der Waals surface area contributed by atoms with E-state index in [2.05, 4.69) is 5.32 Å². The van der Waals surface area contributed by atoms with Crippen molar-refractivity contribution in [2.45, 2.75) is 37.8 Å². The summed E-state index contributed by atoms with van der Waals surface area (Å²) in [6.45, 7) is 0.504. The summed E-state index contributed by atoms with van der Waals surface area (Å²) in [5.41, 5.74) is -0.215. The van der Waals surface area contributed by atoms with Crippen LogP contribution in [0.2, 0.25) is 0 Å². The Morgan fingerprint density at radius 3 is 2.76 bits per heavy atom. The summed E-state index contributed by atoms with van der Waals surface area (Å²) in [7, 11) is 0. The van der Waals surface area contributed by atoms with Crippen molar-refractivity contribution in [3.63, 3.8) is 0 Å². The number of nitro benzene ring substituents is 1. The summed E-state index contributed by atoms with van der Waals surface area (Å²) in [6.07, 6.45) is 3.77. The molecule has 1 N–H and O–H groups in total. The van der Waals surface area contributed by atoms with Crippen LogP contribution in [0.3, 0.4) is 0 Å². The molecular weight excluding hydrogens is 277 g/mol. The van der Waals surface area contributed by atoms with Gasteiger partial charge >= 0.3 is 5.69 Å². The highest BCUT2D eigenvalue weighted by atomic mass is 19.1. The monoisotopic (exact) mass is 293 g/mol. The van der Waals surface area contributed by atoms with Crippen molar-refractivity contribution >= 4 is 17.3 Å². The van der Waals surface area contributed by atoms with E-state index >= 15 is 0 Å². The lowest BCUT2D eigenvalue weighted by atomic mass is 10.0. The van der Waals surface area contributed by atoms with Crippen molar-refractivity contribution in [2.75, 3.05) is 11.4 Å². The maximum atomic E-state index is 13.4. The van der Waals surface area contributed by atoms with Crippen LogP contribution in [0.25, 0.3) is 0 Å². The van der Waals surface area contributed by atoms with Crippen molar-refractivity contribution in [2.24, 2.45) is 0 Å². The van der Waals surface area contributed by atoms with E-state index in [0.29, 0.717) is 18.3 Å². The summed E-state index contributed by atoms with van der Waals surface area (Å²) >= 11 is 0. The third-order valence-corrected chi connectivity index (χ3v) is 3.89. The van der Waals surface area contributed by atoms with Gasteiger partial charge in [0.25, 0.3) is 0 Å². The SMILES string of the molecule is O=C1C(NC2CC2)CCCN1c1ccc(F)c([N+](=O)[O-])c1. The second-order valence-electron chi connectivity index (χ2n) is 5.52. The molecule has 7 heteroatoms. The normalized spacial score (nSPS) is 22.4. The number of nitro groups is 1. The van der Waals surface area contributed by atoms with Gasteiger partial charge in [-0.15, -0.1) is 0 Å². The van der Waals surface area contributed by atoms with E-state index in [1.54, 1.807) is 0 Å². The van der Waals surface area contributed by atoms with Gasteiger partial charge in [-0.2, -0.15) is 4.39 Å². The molecule has 1 unspecified atom stereocenters. The third-order valence-electron chi connectivity index (χ3n) is 3.89. The Balaban J connectivity index is 1.83. The molecule has 0 aromatic heterocycles. The summed E-state index contributed by atoms with van der Waals surface area (Å²) in [5, 5.41) is 14.1. The van der Waals surface area contributed by atoms with E-state index in [9.17, 15) is 19.3 Å². The van der Waals surface area contributed by atoms with Gasteiger partial charge in [-0.3, -0.25) is 14.9 Å². The first-order chi connectivity index (χ1) is 10.1. The maximum absolute atomic E-state index is 13.4. The second-order valence-corrected chi connectivity index (χ2v) is 5.52. The summed E-state index contributed by atoms with van der Waals surface area (Å²) in [4.78, 5) is 24.0. The minimum absolute atomic E-state index is 0.0888. The highest BCUT2D eigenvalue weighted by Crippen LogP contribution is 2.28. The number of amides is 1. The molecule has 1 saturated heterocycles. The smallest absolute Gasteiger partial charge is 0.306 e. The number of hydrogen-bond donors (Lipinski definition) is 1. The second kappa shape index (κ2) is 5.40. The first-order valence-corrected chi connectivity index (χ1v) is 7.07. The van der Waals surface area contributed by atoms with Crippen LogP contribution in [-0.2, 0) is 4.79 Å². The highest BCUT2D eigenvalue weighted by molar-refractivity contribution is 5.98. The number of benzene rings is 1. The summed E-state index contributed by atoms with van der Waals surface area (Å²) in [6, 6.07) is 3.77. The molecule has 112 valence electrons. The molecular formula is C14H16FN3O3. The first-order valence-electron chi connectivity index (χ1n) is 7.07. The fourth-order valence-corrected chi connectivity index (χ4v) is 2.63. The minimum atomic E-state index is -0.888. The van der Waals surface area contributed by atoms with Crippen LogP contribution in [0, 0.1) is 15.9 Å². The van der Waals surface area contributed by atoms with E-state index in [-0.39, 0.29) is 11.9 Å². The third kappa shape index (κ3) is 2.87. The molecule has 2 aliphatic rings. The van der Waals surface area contributed by atoms with Gasteiger partial charge in [0.15, 0.2) is 0 Å². The standard InChI is InChI=1S/C14H16FN3O3/c15-11-6-5-10(8-13(11)18(20)21)17-7-1-2-12(14(17)19)16-9-3-4-9/h5-6,8-9,12,16H,1-4,7H2.